The van der Waals surface area contributed by atoms with E-state index >= 15 is 0 Å². The smallest absolute Gasteiger partial charge is 0.337 e. The van der Waals surface area contributed by atoms with Crippen LogP contribution in [0.1, 0.15) is 19.8 Å². The van der Waals surface area contributed by atoms with E-state index in [0.717, 1.165) is 28.5 Å². The molecule has 0 amide bonds. The molecular weight excluding hydrogens is 383 g/mol. The van der Waals surface area contributed by atoms with Gasteiger partial charge in [-0.2, -0.15) is 0 Å². The lowest BCUT2D eigenvalue weighted by molar-refractivity contribution is 0.233. The molecule has 0 radical (unpaired) electrons. The molecule has 0 bridgehead atoms. The fourth-order valence-electron chi connectivity index (χ4n) is 2.42. The van der Waals surface area contributed by atoms with Gasteiger partial charge in [0, 0.05) is 25.5 Å². The molecule has 8 heteroatoms. The Kier molecular flexibility index (Phi) is 8.27. The highest BCUT2D eigenvalue weighted by Crippen LogP contribution is 2.44. The second-order valence-corrected chi connectivity index (χ2v) is 14.4. The highest BCUT2D eigenvalue weighted by atomic mass is 33.5. The van der Waals surface area contributed by atoms with Crippen molar-refractivity contribution in [3.05, 3.63) is 24.3 Å². The average molecular weight is 406 g/mol. The molecule has 3 nitrogen and oxygen atoms in total. The van der Waals surface area contributed by atoms with Crippen molar-refractivity contribution in [3.63, 3.8) is 0 Å². The Hall–Kier alpha value is 0.297. The maximum Gasteiger partial charge on any atom is 0.337 e. The summed E-state index contributed by atoms with van der Waals surface area (Å²) in [6, 6.07) is 8.30. The molecule has 128 valence electrons. The molecule has 0 spiro atoms. The van der Waals surface area contributed by atoms with Gasteiger partial charge in [0.25, 0.3) is 0 Å². The van der Waals surface area contributed by atoms with E-state index in [4.69, 9.17) is 8.85 Å². The van der Waals surface area contributed by atoms with Crippen molar-refractivity contribution >= 4 is 61.5 Å². The number of thiazole rings is 1. The molecule has 0 N–H and O–H groups in total. The van der Waals surface area contributed by atoms with Crippen LogP contribution in [0.15, 0.2) is 28.6 Å². The summed E-state index contributed by atoms with van der Waals surface area (Å²) in [6.07, 6.45) is 2.25. The standard InChI is InChI=1S/C15H23NO2S4Si/c1-5-12(23(4,17-2)18-3)10-11-19-22-21-15-16-13-8-6-7-9-14(13)20-15/h6-9,12H,5,10-11H2,1-4H3. The summed E-state index contributed by atoms with van der Waals surface area (Å²) in [5.74, 6) is 1.11. The third-order valence-electron chi connectivity index (χ3n) is 4.02. The lowest BCUT2D eigenvalue weighted by atomic mass is 10.3. The Labute approximate surface area is 155 Å². The Balaban J connectivity index is 1.74. The van der Waals surface area contributed by atoms with Gasteiger partial charge in [-0.15, -0.1) is 11.3 Å². The van der Waals surface area contributed by atoms with Crippen molar-refractivity contribution in [1.29, 1.82) is 0 Å². The second-order valence-electron chi connectivity index (χ2n) is 5.24. The molecule has 23 heavy (non-hydrogen) atoms. The molecule has 0 aliphatic carbocycles. The summed E-state index contributed by atoms with van der Waals surface area (Å²) in [5, 5.41) is 0. The molecule has 1 heterocycles. The van der Waals surface area contributed by atoms with Gasteiger partial charge in [0.1, 0.15) is 0 Å². The Morgan fingerprint density at radius 2 is 2.00 bits per heavy atom. The van der Waals surface area contributed by atoms with E-state index in [1.165, 1.54) is 4.70 Å². The first-order chi connectivity index (χ1) is 11.1. The average Bonchev–Trinajstić information content (AvgIpc) is 3.00. The van der Waals surface area contributed by atoms with E-state index in [9.17, 15) is 0 Å². The number of rotatable bonds is 10. The minimum atomic E-state index is -2.01. The number of aromatic nitrogens is 1. The summed E-state index contributed by atoms with van der Waals surface area (Å²) < 4.78 is 13.8. The van der Waals surface area contributed by atoms with Gasteiger partial charge < -0.3 is 8.85 Å². The number of benzene rings is 1. The Morgan fingerprint density at radius 3 is 2.65 bits per heavy atom. The van der Waals surface area contributed by atoms with Crippen LogP contribution in [0.5, 0.6) is 0 Å². The highest BCUT2D eigenvalue weighted by Gasteiger charge is 2.37. The molecule has 1 unspecified atom stereocenters. The normalized spacial score (nSPS) is 13.6. The first kappa shape index (κ1) is 19.6. The molecule has 1 aromatic carbocycles. The SMILES string of the molecule is CCC(CCSSSc1nc2ccccc2s1)[Si](C)(OC)OC. The monoisotopic (exact) mass is 405 g/mol. The van der Waals surface area contributed by atoms with Crippen LogP contribution in [-0.2, 0) is 8.85 Å². The topological polar surface area (TPSA) is 31.4 Å². The van der Waals surface area contributed by atoms with Crippen molar-refractivity contribution in [2.24, 2.45) is 0 Å². The quantitative estimate of drug-likeness (QED) is 0.265. The van der Waals surface area contributed by atoms with Crippen LogP contribution in [-0.4, -0.2) is 33.5 Å². The van der Waals surface area contributed by atoms with E-state index in [0.29, 0.717) is 5.54 Å². The molecule has 1 aromatic heterocycles. The zero-order valence-electron chi connectivity index (χ0n) is 13.9. The molecule has 2 aromatic rings. The lowest BCUT2D eigenvalue weighted by Gasteiger charge is -2.31. The predicted molar refractivity (Wildman–Crippen MR) is 110 cm³/mol. The summed E-state index contributed by atoms with van der Waals surface area (Å²) in [4.78, 5) is 4.64. The maximum absolute atomic E-state index is 5.69. The zero-order chi connectivity index (χ0) is 16.7. The summed E-state index contributed by atoms with van der Waals surface area (Å²) in [7, 11) is 7.02. The lowest BCUT2D eigenvalue weighted by Crippen LogP contribution is -2.41. The van der Waals surface area contributed by atoms with Crippen molar-refractivity contribution in [2.75, 3.05) is 20.0 Å². The summed E-state index contributed by atoms with van der Waals surface area (Å²) >= 11 is 1.76. The number of hydrogen-bond acceptors (Lipinski definition) is 7. The van der Waals surface area contributed by atoms with Gasteiger partial charge in [-0.1, -0.05) is 36.3 Å². The first-order valence-corrected chi connectivity index (χ1v) is 14.4. The molecule has 0 saturated carbocycles. The predicted octanol–water partition coefficient (Wildman–Crippen LogP) is 6.22. The minimum Gasteiger partial charge on any atom is -0.398 e. The van der Waals surface area contributed by atoms with Crippen LogP contribution in [0, 0.1) is 0 Å². The largest absolute Gasteiger partial charge is 0.398 e. The minimum absolute atomic E-state index is 0.540. The Morgan fingerprint density at radius 1 is 1.26 bits per heavy atom. The van der Waals surface area contributed by atoms with Crippen molar-refractivity contribution < 1.29 is 8.85 Å². The number of para-hydroxylation sites is 1. The molecule has 2 rings (SSSR count). The van der Waals surface area contributed by atoms with Gasteiger partial charge in [0.15, 0.2) is 4.34 Å². The van der Waals surface area contributed by atoms with Crippen molar-refractivity contribution in [2.45, 2.75) is 36.2 Å². The van der Waals surface area contributed by atoms with Crippen LogP contribution in [0.3, 0.4) is 0 Å². The first-order valence-electron chi connectivity index (χ1n) is 7.55. The fourth-order valence-corrected chi connectivity index (χ4v) is 10.2. The second kappa shape index (κ2) is 9.70. The van der Waals surface area contributed by atoms with Gasteiger partial charge in [-0.25, -0.2) is 4.98 Å². The zero-order valence-corrected chi connectivity index (χ0v) is 18.2. The van der Waals surface area contributed by atoms with Crippen LogP contribution < -0.4 is 0 Å². The van der Waals surface area contributed by atoms with E-state index in [2.05, 4.69) is 36.7 Å². The van der Waals surface area contributed by atoms with Crippen LogP contribution >= 0.6 is 42.8 Å². The van der Waals surface area contributed by atoms with Crippen molar-refractivity contribution in [3.8, 4) is 0 Å². The van der Waals surface area contributed by atoms with Gasteiger partial charge >= 0.3 is 8.56 Å². The molecule has 0 aliphatic heterocycles. The molecular formula is C15H23NO2S4Si. The van der Waals surface area contributed by atoms with E-state index in [1.807, 2.05) is 26.7 Å². The highest BCUT2D eigenvalue weighted by molar-refractivity contribution is 9.09. The maximum atomic E-state index is 5.69. The summed E-state index contributed by atoms with van der Waals surface area (Å²) in [6.45, 7) is 4.39. The van der Waals surface area contributed by atoms with E-state index in [-0.39, 0.29) is 0 Å². The number of hydrogen-bond donors (Lipinski definition) is 0. The number of fused-ring (bicyclic) bond motifs is 1. The molecule has 0 saturated heterocycles. The third kappa shape index (κ3) is 5.39. The van der Waals surface area contributed by atoms with Crippen LogP contribution in [0.2, 0.25) is 12.1 Å². The molecule has 1 atom stereocenters. The fraction of sp³-hybridized carbons (Fsp3) is 0.533. The van der Waals surface area contributed by atoms with Crippen molar-refractivity contribution in [1.82, 2.24) is 4.98 Å². The van der Waals surface area contributed by atoms with Crippen LogP contribution in [0.25, 0.3) is 10.2 Å². The van der Waals surface area contributed by atoms with Gasteiger partial charge in [-0.3, -0.25) is 0 Å². The van der Waals surface area contributed by atoms with Crippen LogP contribution in [0.4, 0.5) is 0 Å². The van der Waals surface area contributed by atoms with Gasteiger partial charge in [0.2, 0.25) is 0 Å². The third-order valence-corrected chi connectivity index (χ3v) is 13.2. The molecule has 0 fully saturated rings. The summed E-state index contributed by atoms with van der Waals surface area (Å²) in [5.41, 5.74) is 1.64. The Bertz CT molecular complexity index is 573. The van der Waals surface area contributed by atoms with E-state index < -0.39 is 8.56 Å². The van der Waals surface area contributed by atoms with E-state index in [1.54, 1.807) is 36.4 Å². The number of nitrogens with zero attached hydrogens (tertiary/aromatic N) is 1. The van der Waals surface area contributed by atoms with Gasteiger partial charge in [-0.05, 0) is 45.7 Å². The van der Waals surface area contributed by atoms with Gasteiger partial charge in [0.05, 0.1) is 10.2 Å². The molecule has 0 aliphatic rings.